The second kappa shape index (κ2) is 6.61. The van der Waals surface area contributed by atoms with E-state index in [-0.39, 0.29) is 18.5 Å². The fourth-order valence-corrected chi connectivity index (χ4v) is 2.28. The van der Waals surface area contributed by atoms with Crippen LogP contribution in [-0.4, -0.2) is 16.5 Å². The normalized spacial score (nSPS) is 12.8. The molecular weight excluding hydrogens is 268 g/mol. The van der Waals surface area contributed by atoms with E-state index in [1.54, 1.807) is 18.2 Å². The molecule has 21 heavy (non-hydrogen) atoms. The van der Waals surface area contributed by atoms with Crippen LogP contribution >= 0.6 is 0 Å². The van der Waals surface area contributed by atoms with Crippen molar-refractivity contribution in [2.24, 2.45) is 5.92 Å². The number of carbonyl (C=O) groups is 1. The van der Waals surface area contributed by atoms with Gasteiger partial charge in [-0.25, -0.2) is 4.79 Å². The standard InChI is InChI=1S/C16H22N2O3/c1-11(2)8-9-12(3)17-15(19)10-18-13-6-4-5-7-14(13)21-16(18)20/h4-7,11-12H,8-10H2,1-3H3,(H,17,19)/t12-/m0/s1. The summed E-state index contributed by atoms with van der Waals surface area (Å²) >= 11 is 0. The van der Waals surface area contributed by atoms with Crippen molar-refractivity contribution in [1.82, 2.24) is 9.88 Å². The Bertz CT molecular complexity index is 669. The molecule has 1 aromatic heterocycles. The average molecular weight is 290 g/mol. The highest BCUT2D eigenvalue weighted by Gasteiger charge is 2.14. The SMILES string of the molecule is CC(C)CC[C@H](C)NC(=O)Cn1c(=O)oc2ccccc21. The lowest BCUT2D eigenvalue weighted by molar-refractivity contribution is -0.122. The van der Waals surface area contributed by atoms with Crippen LogP contribution in [0.25, 0.3) is 11.1 Å². The Hall–Kier alpha value is -2.04. The zero-order valence-corrected chi connectivity index (χ0v) is 12.8. The summed E-state index contributed by atoms with van der Waals surface area (Å²) in [4.78, 5) is 23.8. The fourth-order valence-electron chi connectivity index (χ4n) is 2.28. The van der Waals surface area contributed by atoms with E-state index in [2.05, 4.69) is 19.2 Å². The number of rotatable bonds is 6. The van der Waals surface area contributed by atoms with Gasteiger partial charge in [0.15, 0.2) is 5.58 Å². The molecule has 1 aromatic carbocycles. The van der Waals surface area contributed by atoms with Crippen LogP contribution in [0.2, 0.25) is 0 Å². The van der Waals surface area contributed by atoms with Gasteiger partial charge in [-0.05, 0) is 37.8 Å². The van der Waals surface area contributed by atoms with Gasteiger partial charge in [0, 0.05) is 6.04 Å². The second-order valence-electron chi connectivity index (χ2n) is 5.86. The van der Waals surface area contributed by atoms with E-state index in [1.807, 2.05) is 13.0 Å². The molecule has 0 spiro atoms. The molecule has 0 unspecified atom stereocenters. The maximum absolute atomic E-state index is 12.0. The highest BCUT2D eigenvalue weighted by Crippen LogP contribution is 2.11. The molecule has 5 heteroatoms. The molecule has 2 rings (SSSR count). The summed E-state index contributed by atoms with van der Waals surface area (Å²) in [6.07, 6.45) is 2.00. The summed E-state index contributed by atoms with van der Waals surface area (Å²) in [6, 6.07) is 7.21. The number of hydrogen-bond donors (Lipinski definition) is 1. The zero-order chi connectivity index (χ0) is 15.4. The van der Waals surface area contributed by atoms with Gasteiger partial charge in [-0.2, -0.15) is 0 Å². The molecule has 0 aliphatic heterocycles. The van der Waals surface area contributed by atoms with Gasteiger partial charge in [-0.15, -0.1) is 0 Å². The lowest BCUT2D eigenvalue weighted by atomic mass is 10.0. The number of fused-ring (bicyclic) bond motifs is 1. The molecule has 2 aromatic rings. The monoisotopic (exact) mass is 290 g/mol. The molecule has 1 heterocycles. The zero-order valence-electron chi connectivity index (χ0n) is 12.8. The minimum absolute atomic E-state index is 0.0120. The Morgan fingerprint density at radius 1 is 1.24 bits per heavy atom. The smallest absolute Gasteiger partial charge is 0.408 e. The van der Waals surface area contributed by atoms with Crippen molar-refractivity contribution < 1.29 is 9.21 Å². The number of aromatic nitrogens is 1. The number of para-hydroxylation sites is 2. The van der Waals surface area contributed by atoms with E-state index in [1.165, 1.54) is 4.57 Å². The van der Waals surface area contributed by atoms with Crippen molar-refractivity contribution in [1.29, 1.82) is 0 Å². The molecule has 0 saturated heterocycles. The molecule has 0 aliphatic carbocycles. The van der Waals surface area contributed by atoms with Gasteiger partial charge in [0.2, 0.25) is 5.91 Å². The van der Waals surface area contributed by atoms with Gasteiger partial charge in [-0.3, -0.25) is 9.36 Å². The van der Waals surface area contributed by atoms with Crippen LogP contribution in [0.1, 0.15) is 33.6 Å². The van der Waals surface area contributed by atoms with Gasteiger partial charge < -0.3 is 9.73 Å². The van der Waals surface area contributed by atoms with E-state index in [4.69, 9.17) is 4.42 Å². The van der Waals surface area contributed by atoms with Crippen LogP contribution in [0.15, 0.2) is 33.5 Å². The molecule has 1 N–H and O–H groups in total. The molecule has 0 aliphatic rings. The Labute approximate surface area is 123 Å². The van der Waals surface area contributed by atoms with Gasteiger partial charge in [0.25, 0.3) is 0 Å². The van der Waals surface area contributed by atoms with Gasteiger partial charge in [-0.1, -0.05) is 26.0 Å². The van der Waals surface area contributed by atoms with E-state index in [0.717, 1.165) is 12.8 Å². The number of benzene rings is 1. The van der Waals surface area contributed by atoms with Crippen molar-refractivity contribution in [3.05, 3.63) is 34.8 Å². The van der Waals surface area contributed by atoms with E-state index < -0.39 is 5.76 Å². The Morgan fingerprint density at radius 2 is 1.95 bits per heavy atom. The first-order valence-electron chi connectivity index (χ1n) is 7.35. The van der Waals surface area contributed by atoms with E-state index in [9.17, 15) is 9.59 Å². The third-order valence-electron chi connectivity index (χ3n) is 3.46. The number of hydrogen-bond acceptors (Lipinski definition) is 3. The fraction of sp³-hybridized carbons (Fsp3) is 0.500. The quantitative estimate of drug-likeness (QED) is 0.889. The molecular formula is C16H22N2O3. The minimum atomic E-state index is -0.499. The van der Waals surface area contributed by atoms with Crippen molar-refractivity contribution in [3.8, 4) is 0 Å². The van der Waals surface area contributed by atoms with Gasteiger partial charge in [0.1, 0.15) is 6.54 Å². The lowest BCUT2D eigenvalue weighted by Crippen LogP contribution is -2.36. The van der Waals surface area contributed by atoms with Gasteiger partial charge in [0.05, 0.1) is 5.52 Å². The van der Waals surface area contributed by atoms with Crippen LogP contribution in [0.5, 0.6) is 0 Å². The maximum Gasteiger partial charge on any atom is 0.420 e. The average Bonchev–Trinajstić information content (AvgIpc) is 2.73. The molecule has 0 bridgehead atoms. The summed E-state index contributed by atoms with van der Waals surface area (Å²) < 4.78 is 6.47. The van der Waals surface area contributed by atoms with Crippen molar-refractivity contribution >= 4 is 17.0 Å². The molecule has 0 fully saturated rings. The highest BCUT2D eigenvalue weighted by molar-refractivity contribution is 5.79. The molecule has 1 amide bonds. The second-order valence-corrected chi connectivity index (χ2v) is 5.86. The molecule has 1 atom stereocenters. The summed E-state index contributed by atoms with van der Waals surface area (Å²) in [6.45, 7) is 6.29. The van der Waals surface area contributed by atoms with Crippen LogP contribution in [0.3, 0.4) is 0 Å². The molecule has 5 nitrogen and oxygen atoms in total. The van der Waals surface area contributed by atoms with Crippen LogP contribution in [0, 0.1) is 5.92 Å². The predicted molar refractivity (Wildman–Crippen MR) is 82.2 cm³/mol. The molecule has 0 radical (unpaired) electrons. The maximum atomic E-state index is 12.0. The first-order chi connectivity index (χ1) is 9.97. The van der Waals surface area contributed by atoms with Crippen LogP contribution < -0.4 is 11.1 Å². The van der Waals surface area contributed by atoms with E-state index >= 15 is 0 Å². The third kappa shape index (κ3) is 3.97. The Morgan fingerprint density at radius 3 is 2.67 bits per heavy atom. The number of nitrogens with zero attached hydrogens (tertiary/aromatic N) is 1. The lowest BCUT2D eigenvalue weighted by Gasteiger charge is -2.15. The summed E-state index contributed by atoms with van der Waals surface area (Å²) in [7, 11) is 0. The first-order valence-corrected chi connectivity index (χ1v) is 7.35. The highest BCUT2D eigenvalue weighted by atomic mass is 16.4. The summed E-state index contributed by atoms with van der Waals surface area (Å²) in [5.74, 6) is -0.0501. The van der Waals surface area contributed by atoms with Crippen LogP contribution in [-0.2, 0) is 11.3 Å². The predicted octanol–water partition coefficient (Wildman–Crippen LogP) is 2.54. The first kappa shape index (κ1) is 15.4. The van der Waals surface area contributed by atoms with Gasteiger partial charge >= 0.3 is 5.76 Å². The van der Waals surface area contributed by atoms with E-state index in [0.29, 0.717) is 17.0 Å². The summed E-state index contributed by atoms with van der Waals surface area (Å²) in [5, 5.41) is 2.93. The molecule has 114 valence electrons. The summed E-state index contributed by atoms with van der Waals surface area (Å²) in [5.41, 5.74) is 1.15. The van der Waals surface area contributed by atoms with Crippen molar-refractivity contribution in [2.75, 3.05) is 0 Å². The van der Waals surface area contributed by atoms with Crippen molar-refractivity contribution in [2.45, 2.75) is 46.2 Å². The largest absolute Gasteiger partial charge is 0.420 e. The van der Waals surface area contributed by atoms with Crippen LogP contribution in [0.4, 0.5) is 0 Å². The number of amides is 1. The number of carbonyl (C=O) groups excluding carboxylic acids is 1. The number of nitrogens with one attached hydrogen (secondary N) is 1. The van der Waals surface area contributed by atoms with Crippen molar-refractivity contribution in [3.63, 3.8) is 0 Å². The Kier molecular flexibility index (Phi) is 4.83. The molecule has 0 saturated carbocycles. The number of oxazole rings is 1. The minimum Gasteiger partial charge on any atom is -0.408 e. The third-order valence-corrected chi connectivity index (χ3v) is 3.46. The topological polar surface area (TPSA) is 64.2 Å². The Balaban J connectivity index is 2.01.